The number of hydrogen-bond donors (Lipinski definition) is 0. The Morgan fingerprint density at radius 1 is 1.56 bits per heavy atom. The summed E-state index contributed by atoms with van der Waals surface area (Å²) < 4.78 is 6.84. The van der Waals surface area contributed by atoms with E-state index in [1.807, 2.05) is 0 Å². The van der Waals surface area contributed by atoms with E-state index in [1.54, 1.807) is 30.9 Å². The van der Waals surface area contributed by atoms with Crippen LogP contribution in [0, 0.1) is 10.1 Å². The van der Waals surface area contributed by atoms with Crippen LogP contribution in [0.4, 0.5) is 5.69 Å². The van der Waals surface area contributed by atoms with Crippen molar-refractivity contribution in [2.24, 2.45) is 7.05 Å². The number of rotatable bonds is 3. The average molecular weight is 221 g/mol. The number of nitro groups is 1. The molecule has 0 aliphatic carbocycles. The molecule has 1 heterocycles. The topological polar surface area (TPSA) is 70.2 Å². The molecule has 0 aliphatic heterocycles. The number of fused-ring (bicyclic) bond motifs is 1. The van der Waals surface area contributed by atoms with Gasteiger partial charge >= 0.3 is 5.69 Å². The van der Waals surface area contributed by atoms with Crippen LogP contribution in [0.15, 0.2) is 18.3 Å². The summed E-state index contributed by atoms with van der Waals surface area (Å²) >= 11 is 0. The molecule has 6 nitrogen and oxygen atoms in total. The molecule has 1 aromatic carbocycles. The highest BCUT2D eigenvalue weighted by atomic mass is 16.6. The molecule has 0 aliphatic rings. The first kappa shape index (κ1) is 10.4. The van der Waals surface area contributed by atoms with E-state index < -0.39 is 4.92 Å². The van der Waals surface area contributed by atoms with Crippen molar-refractivity contribution in [2.45, 2.75) is 6.92 Å². The maximum Gasteiger partial charge on any atom is 0.311 e. The Kier molecular flexibility index (Phi) is 2.47. The number of aromatic nitrogens is 2. The highest BCUT2D eigenvalue weighted by Gasteiger charge is 2.17. The zero-order valence-electron chi connectivity index (χ0n) is 9.01. The fourth-order valence-corrected chi connectivity index (χ4v) is 1.58. The summed E-state index contributed by atoms with van der Waals surface area (Å²) in [5, 5.41) is 15.7. The van der Waals surface area contributed by atoms with Gasteiger partial charge in [0.2, 0.25) is 0 Å². The molecule has 0 N–H and O–H groups in total. The van der Waals surface area contributed by atoms with Crippen LogP contribution >= 0.6 is 0 Å². The molecule has 0 amide bonds. The van der Waals surface area contributed by atoms with Crippen LogP contribution in [0.3, 0.4) is 0 Å². The van der Waals surface area contributed by atoms with Crippen LogP contribution in [-0.2, 0) is 7.05 Å². The lowest BCUT2D eigenvalue weighted by Crippen LogP contribution is -1.97. The van der Waals surface area contributed by atoms with Crippen molar-refractivity contribution >= 4 is 16.6 Å². The summed E-state index contributed by atoms with van der Waals surface area (Å²) in [5.74, 6) is 0.263. The normalized spacial score (nSPS) is 10.6. The minimum absolute atomic E-state index is 0.0256. The first-order valence-electron chi connectivity index (χ1n) is 4.86. The third-order valence-electron chi connectivity index (χ3n) is 2.20. The largest absolute Gasteiger partial charge is 0.487 e. The lowest BCUT2D eigenvalue weighted by molar-refractivity contribution is -0.385. The smallest absolute Gasteiger partial charge is 0.311 e. The first-order chi connectivity index (χ1) is 7.61. The Balaban J connectivity index is 2.64. The number of hydrogen-bond acceptors (Lipinski definition) is 4. The monoisotopic (exact) mass is 221 g/mol. The number of nitrogens with zero attached hydrogens (tertiary/aromatic N) is 3. The summed E-state index contributed by atoms with van der Waals surface area (Å²) in [6, 6.07) is 3.07. The van der Waals surface area contributed by atoms with Crippen LogP contribution in [0.2, 0.25) is 0 Å². The predicted molar refractivity (Wildman–Crippen MR) is 58.5 cm³/mol. The van der Waals surface area contributed by atoms with Gasteiger partial charge in [0.1, 0.15) is 0 Å². The average Bonchev–Trinajstić information content (AvgIpc) is 2.56. The molecule has 6 heteroatoms. The van der Waals surface area contributed by atoms with Crippen LogP contribution in [0.5, 0.6) is 5.75 Å². The van der Waals surface area contributed by atoms with Gasteiger partial charge in [-0.3, -0.25) is 14.8 Å². The summed E-state index contributed by atoms with van der Waals surface area (Å²) in [6.07, 6.45) is 1.73. The molecule has 0 unspecified atom stereocenters. The van der Waals surface area contributed by atoms with E-state index in [0.29, 0.717) is 12.1 Å². The van der Waals surface area contributed by atoms with Crippen molar-refractivity contribution in [3.05, 3.63) is 28.4 Å². The van der Waals surface area contributed by atoms with E-state index in [0.717, 1.165) is 5.39 Å². The molecule has 0 saturated carbocycles. The maximum atomic E-state index is 10.8. The molecule has 0 fully saturated rings. The number of benzene rings is 1. The second kappa shape index (κ2) is 3.80. The van der Waals surface area contributed by atoms with Crippen LogP contribution in [0.1, 0.15) is 6.92 Å². The fourth-order valence-electron chi connectivity index (χ4n) is 1.58. The Hall–Kier alpha value is -2.11. The van der Waals surface area contributed by atoms with Gasteiger partial charge in [-0.1, -0.05) is 0 Å². The molecule has 1 aromatic heterocycles. The second-order valence-electron chi connectivity index (χ2n) is 3.37. The highest BCUT2D eigenvalue weighted by Crippen LogP contribution is 2.31. The molecule has 2 aromatic rings. The number of aryl methyl sites for hydroxylation is 1. The summed E-state index contributed by atoms with van der Waals surface area (Å²) in [5.41, 5.74) is 0.666. The Labute approximate surface area is 91.6 Å². The van der Waals surface area contributed by atoms with E-state index in [9.17, 15) is 10.1 Å². The molecular formula is C10H11N3O3. The molecule has 16 heavy (non-hydrogen) atoms. The third kappa shape index (κ3) is 1.69. The van der Waals surface area contributed by atoms with Gasteiger partial charge in [-0.25, -0.2) is 0 Å². The lowest BCUT2D eigenvalue weighted by Gasteiger charge is -2.03. The van der Waals surface area contributed by atoms with E-state index in [2.05, 4.69) is 5.10 Å². The van der Waals surface area contributed by atoms with Crippen LogP contribution < -0.4 is 4.74 Å². The van der Waals surface area contributed by atoms with Gasteiger partial charge < -0.3 is 4.74 Å². The zero-order valence-corrected chi connectivity index (χ0v) is 9.01. The van der Waals surface area contributed by atoms with E-state index in [1.165, 1.54) is 6.07 Å². The Morgan fingerprint density at radius 3 is 2.94 bits per heavy atom. The SMILES string of the molecule is CCOc1cc2nn(C)cc2cc1[N+](=O)[O-]. The van der Waals surface area contributed by atoms with Crippen molar-refractivity contribution in [2.75, 3.05) is 6.61 Å². The molecule has 0 saturated heterocycles. The standard InChI is InChI=1S/C10H11N3O3/c1-3-16-10-5-8-7(6-12(2)11-8)4-9(10)13(14)15/h4-6H,3H2,1-2H3. The highest BCUT2D eigenvalue weighted by molar-refractivity contribution is 5.83. The fraction of sp³-hybridized carbons (Fsp3) is 0.300. The number of ether oxygens (including phenoxy) is 1. The molecule has 0 bridgehead atoms. The lowest BCUT2D eigenvalue weighted by atomic mass is 10.2. The van der Waals surface area contributed by atoms with Gasteiger partial charge in [-0.15, -0.1) is 0 Å². The first-order valence-corrected chi connectivity index (χ1v) is 4.86. The van der Waals surface area contributed by atoms with E-state index >= 15 is 0 Å². The van der Waals surface area contributed by atoms with Crippen LogP contribution in [-0.4, -0.2) is 21.3 Å². The summed E-state index contributed by atoms with van der Waals surface area (Å²) in [7, 11) is 1.77. The van der Waals surface area contributed by atoms with E-state index in [4.69, 9.17) is 4.74 Å². The minimum Gasteiger partial charge on any atom is -0.487 e. The van der Waals surface area contributed by atoms with Crippen molar-refractivity contribution in [3.8, 4) is 5.75 Å². The maximum absolute atomic E-state index is 10.8. The van der Waals surface area contributed by atoms with Crippen molar-refractivity contribution in [1.82, 2.24) is 9.78 Å². The van der Waals surface area contributed by atoms with Gasteiger partial charge in [0.15, 0.2) is 5.75 Å². The van der Waals surface area contributed by atoms with Gasteiger partial charge in [0, 0.05) is 30.8 Å². The molecule has 0 radical (unpaired) electrons. The van der Waals surface area contributed by atoms with E-state index in [-0.39, 0.29) is 11.4 Å². The third-order valence-corrected chi connectivity index (χ3v) is 2.20. The Bertz CT molecular complexity index is 547. The van der Waals surface area contributed by atoms with Gasteiger partial charge in [-0.05, 0) is 6.92 Å². The zero-order chi connectivity index (χ0) is 11.7. The molecule has 0 atom stereocenters. The molecule has 0 spiro atoms. The number of nitro benzene ring substituents is 1. The Morgan fingerprint density at radius 2 is 2.31 bits per heavy atom. The summed E-state index contributed by atoms with van der Waals surface area (Å²) in [4.78, 5) is 10.4. The molecular weight excluding hydrogens is 210 g/mol. The molecule has 2 rings (SSSR count). The summed E-state index contributed by atoms with van der Waals surface area (Å²) in [6.45, 7) is 2.17. The van der Waals surface area contributed by atoms with Crippen molar-refractivity contribution < 1.29 is 9.66 Å². The van der Waals surface area contributed by atoms with Crippen molar-refractivity contribution in [3.63, 3.8) is 0 Å². The predicted octanol–water partition coefficient (Wildman–Crippen LogP) is 1.88. The van der Waals surface area contributed by atoms with Gasteiger partial charge in [0.05, 0.1) is 17.0 Å². The second-order valence-corrected chi connectivity index (χ2v) is 3.37. The quantitative estimate of drug-likeness (QED) is 0.586. The minimum atomic E-state index is -0.447. The van der Waals surface area contributed by atoms with Crippen LogP contribution in [0.25, 0.3) is 10.9 Å². The molecule has 84 valence electrons. The van der Waals surface area contributed by atoms with Gasteiger partial charge in [-0.2, -0.15) is 5.10 Å². The van der Waals surface area contributed by atoms with Crippen molar-refractivity contribution in [1.29, 1.82) is 0 Å². The van der Waals surface area contributed by atoms with Gasteiger partial charge in [0.25, 0.3) is 0 Å².